The van der Waals surface area contributed by atoms with Gasteiger partial charge in [0.05, 0.1) is 0 Å². The third kappa shape index (κ3) is 4.03. The summed E-state index contributed by atoms with van der Waals surface area (Å²) in [4.78, 5) is 10.8. The zero-order chi connectivity index (χ0) is 12.0. The Bertz CT molecular complexity index is 333. The van der Waals surface area contributed by atoms with Gasteiger partial charge in [0.1, 0.15) is 5.54 Å². The third-order valence-electron chi connectivity index (χ3n) is 2.59. The van der Waals surface area contributed by atoms with E-state index in [9.17, 15) is 4.79 Å². The van der Waals surface area contributed by atoms with E-state index in [4.69, 9.17) is 5.11 Å². The number of aliphatic carboxylic acids is 1. The predicted molar refractivity (Wildman–Crippen MR) is 64.5 cm³/mol. The average Bonchev–Trinajstić information content (AvgIpc) is 2.26. The summed E-state index contributed by atoms with van der Waals surface area (Å²) in [6.07, 6.45) is 1.92. The summed E-state index contributed by atoms with van der Waals surface area (Å²) in [5.41, 5.74) is 0.453. The van der Waals surface area contributed by atoms with Crippen molar-refractivity contribution in [3.05, 3.63) is 35.9 Å². The lowest BCUT2D eigenvalue weighted by Gasteiger charge is -2.20. The maximum absolute atomic E-state index is 10.8. The molecule has 1 rings (SSSR count). The summed E-state index contributed by atoms with van der Waals surface area (Å²) in [5, 5.41) is 11.9. The van der Waals surface area contributed by atoms with Crippen LogP contribution in [0.3, 0.4) is 0 Å². The van der Waals surface area contributed by atoms with Crippen LogP contribution in [0.15, 0.2) is 30.3 Å². The molecule has 0 atom stereocenters. The van der Waals surface area contributed by atoms with Crippen LogP contribution in [0.4, 0.5) is 0 Å². The van der Waals surface area contributed by atoms with Gasteiger partial charge >= 0.3 is 5.97 Å². The molecule has 16 heavy (non-hydrogen) atoms. The van der Waals surface area contributed by atoms with Crippen LogP contribution < -0.4 is 5.32 Å². The highest BCUT2D eigenvalue weighted by atomic mass is 16.4. The van der Waals surface area contributed by atoms with Crippen molar-refractivity contribution in [1.82, 2.24) is 5.32 Å². The lowest BCUT2D eigenvalue weighted by molar-refractivity contribution is -0.143. The molecule has 0 fully saturated rings. The number of rotatable bonds is 6. The Labute approximate surface area is 96.5 Å². The molecule has 1 aromatic carbocycles. The lowest BCUT2D eigenvalue weighted by atomic mass is 10.1. The Kier molecular flexibility index (Phi) is 4.50. The monoisotopic (exact) mass is 221 g/mol. The number of carboxylic acids is 1. The van der Waals surface area contributed by atoms with Crippen LogP contribution in [-0.4, -0.2) is 23.2 Å². The van der Waals surface area contributed by atoms with Crippen LogP contribution in [-0.2, 0) is 11.2 Å². The third-order valence-corrected chi connectivity index (χ3v) is 2.59. The average molecular weight is 221 g/mol. The van der Waals surface area contributed by atoms with Gasteiger partial charge in [0.15, 0.2) is 0 Å². The van der Waals surface area contributed by atoms with Crippen molar-refractivity contribution in [1.29, 1.82) is 0 Å². The normalized spacial score (nSPS) is 11.4. The van der Waals surface area contributed by atoms with E-state index in [2.05, 4.69) is 17.4 Å². The molecule has 0 spiro atoms. The minimum absolute atomic E-state index is 0.716. The largest absolute Gasteiger partial charge is 0.480 e. The summed E-state index contributed by atoms with van der Waals surface area (Å²) < 4.78 is 0. The van der Waals surface area contributed by atoms with Crippen LogP contribution in [0, 0.1) is 0 Å². The topological polar surface area (TPSA) is 49.3 Å². The minimum atomic E-state index is -0.837. The van der Waals surface area contributed by atoms with Crippen LogP contribution in [0.5, 0.6) is 0 Å². The number of carbonyl (C=O) groups is 1. The smallest absolute Gasteiger partial charge is 0.323 e. The van der Waals surface area contributed by atoms with Gasteiger partial charge in [-0.3, -0.25) is 4.79 Å². The number of aryl methyl sites for hydroxylation is 1. The van der Waals surface area contributed by atoms with E-state index in [0.717, 1.165) is 12.8 Å². The van der Waals surface area contributed by atoms with Gasteiger partial charge < -0.3 is 10.4 Å². The molecule has 88 valence electrons. The van der Waals surface area contributed by atoms with Gasteiger partial charge in [-0.25, -0.2) is 0 Å². The molecule has 0 aromatic heterocycles. The molecule has 0 radical (unpaired) electrons. The molecule has 0 saturated carbocycles. The van der Waals surface area contributed by atoms with Gasteiger partial charge in [0.25, 0.3) is 0 Å². The second kappa shape index (κ2) is 5.66. The highest BCUT2D eigenvalue weighted by Crippen LogP contribution is 2.04. The van der Waals surface area contributed by atoms with Gasteiger partial charge in [-0.2, -0.15) is 0 Å². The van der Waals surface area contributed by atoms with Gasteiger partial charge in [-0.05, 0) is 38.8 Å². The van der Waals surface area contributed by atoms with E-state index in [1.54, 1.807) is 13.8 Å². The maximum atomic E-state index is 10.8. The fraction of sp³-hybridized carbons (Fsp3) is 0.462. The molecule has 0 aliphatic heterocycles. The number of benzene rings is 1. The fourth-order valence-corrected chi connectivity index (χ4v) is 1.41. The number of hydrogen-bond acceptors (Lipinski definition) is 2. The first-order valence-corrected chi connectivity index (χ1v) is 5.55. The summed E-state index contributed by atoms with van der Waals surface area (Å²) in [7, 11) is 0. The number of carboxylic acid groups (broad SMARTS) is 1. The van der Waals surface area contributed by atoms with E-state index in [1.165, 1.54) is 5.56 Å². The Balaban J connectivity index is 2.25. The SMILES string of the molecule is CC(C)(NCCCc1ccccc1)C(=O)O. The van der Waals surface area contributed by atoms with Crippen molar-refractivity contribution in [2.45, 2.75) is 32.2 Å². The summed E-state index contributed by atoms with van der Waals surface area (Å²) in [6.45, 7) is 4.07. The quantitative estimate of drug-likeness (QED) is 0.723. The van der Waals surface area contributed by atoms with Crippen molar-refractivity contribution < 1.29 is 9.90 Å². The van der Waals surface area contributed by atoms with Crippen LogP contribution in [0.2, 0.25) is 0 Å². The molecule has 3 heteroatoms. The second-order valence-electron chi connectivity index (χ2n) is 4.45. The van der Waals surface area contributed by atoms with Crippen molar-refractivity contribution in [3.63, 3.8) is 0 Å². The molecular formula is C13H19NO2. The molecule has 0 saturated heterocycles. The highest BCUT2D eigenvalue weighted by molar-refractivity contribution is 5.77. The van der Waals surface area contributed by atoms with E-state index in [0.29, 0.717) is 6.54 Å². The molecule has 0 aliphatic carbocycles. The van der Waals surface area contributed by atoms with Gasteiger partial charge in [-0.15, -0.1) is 0 Å². The molecule has 3 nitrogen and oxygen atoms in total. The first kappa shape index (κ1) is 12.7. The summed E-state index contributed by atoms with van der Waals surface area (Å²) in [5.74, 6) is -0.813. The standard InChI is InChI=1S/C13H19NO2/c1-13(2,12(15)16)14-10-6-9-11-7-4-3-5-8-11/h3-5,7-8,14H,6,9-10H2,1-2H3,(H,15,16). The molecule has 2 N–H and O–H groups in total. The Morgan fingerprint density at radius 2 is 1.94 bits per heavy atom. The molecule has 0 heterocycles. The van der Waals surface area contributed by atoms with Crippen molar-refractivity contribution in [2.75, 3.05) is 6.54 Å². The van der Waals surface area contributed by atoms with Crippen molar-refractivity contribution in [2.24, 2.45) is 0 Å². The lowest BCUT2D eigenvalue weighted by Crippen LogP contribution is -2.47. The fourth-order valence-electron chi connectivity index (χ4n) is 1.41. The Morgan fingerprint density at radius 3 is 2.50 bits per heavy atom. The van der Waals surface area contributed by atoms with E-state index < -0.39 is 11.5 Å². The van der Waals surface area contributed by atoms with Gasteiger partial charge in [-0.1, -0.05) is 30.3 Å². The number of hydrogen-bond donors (Lipinski definition) is 2. The van der Waals surface area contributed by atoms with Crippen LogP contribution >= 0.6 is 0 Å². The van der Waals surface area contributed by atoms with Crippen LogP contribution in [0.1, 0.15) is 25.8 Å². The number of nitrogens with one attached hydrogen (secondary N) is 1. The molecule has 0 unspecified atom stereocenters. The van der Waals surface area contributed by atoms with Crippen LogP contribution in [0.25, 0.3) is 0 Å². The van der Waals surface area contributed by atoms with Crippen molar-refractivity contribution in [3.8, 4) is 0 Å². The minimum Gasteiger partial charge on any atom is -0.480 e. The predicted octanol–water partition coefficient (Wildman–Crippen LogP) is 2.07. The first-order valence-electron chi connectivity index (χ1n) is 5.55. The molecule has 1 aromatic rings. The first-order chi connectivity index (χ1) is 7.52. The van der Waals surface area contributed by atoms with E-state index in [1.807, 2.05) is 18.2 Å². The van der Waals surface area contributed by atoms with E-state index >= 15 is 0 Å². The van der Waals surface area contributed by atoms with Crippen molar-refractivity contribution >= 4 is 5.97 Å². The second-order valence-corrected chi connectivity index (χ2v) is 4.45. The molecular weight excluding hydrogens is 202 g/mol. The Hall–Kier alpha value is -1.35. The molecule has 0 amide bonds. The molecule has 0 bridgehead atoms. The zero-order valence-corrected chi connectivity index (χ0v) is 9.86. The van der Waals surface area contributed by atoms with Gasteiger partial charge in [0.2, 0.25) is 0 Å². The molecule has 0 aliphatic rings. The van der Waals surface area contributed by atoms with E-state index in [-0.39, 0.29) is 0 Å². The maximum Gasteiger partial charge on any atom is 0.323 e. The highest BCUT2D eigenvalue weighted by Gasteiger charge is 2.25. The zero-order valence-electron chi connectivity index (χ0n) is 9.86. The summed E-state index contributed by atoms with van der Waals surface area (Å²) in [6, 6.07) is 10.2. The Morgan fingerprint density at radius 1 is 1.31 bits per heavy atom. The van der Waals surface area contributed by atoms with Gasteiger partial charge in [0, 0.05) is 0 Å². The summed E-state index contributed by atoms with van der Waals surface area (Å²) >= 11 is 0.